The van der Waals surface area contributed by atoms with Gasteiger partial charge < -0.3 is 14.6 Å². The fourth-order valence-electron chi connectivity index (χ4n) is 2.45. The van der Waals surface area contributed by atoms with Gasteiger partial charge in [-0.15, -0.1) is 0 Å². The molecular formula is C15H20O3. The predicted molar refractivity (Wildman–Crippen MR) is 71.1 cm³/mol. The van der Waals surface area contributed by atoms with Gasteiger partial charge >= 0.3 is 0 Å². The molecule has 0 spiro atoms. The molecule has 1 unspecified atom stereocenters. The second kappa shape index (κ2) is 5.91. The maximum atomic E-state index is 10.5. The summed E-state index contributed by atoms with van der Waals surface area (Å²) in [4.78, 5) is 0. The first-order valence-corrected chi connectivity index (χ1v) is 6.35. The molecule has 0 heterocycles. The van der Waals surface area contributed by atoms with Crippen molar-refractivity contribution >= 4 is 0 Å². The van der Waals surface area contributed by atoms with Crippen molar-refractivity contribution in [1.29, 1.82) is 0 Å². The zero-order valence-corrected chi connectivity index (χ0v) is 11.0. The molecule has 18 heavy (non-hydrogen) atoms. The Balaban J connectivity index is 2.38. The van der Waals surface area contributed by atoms with Crippen LogP contribution in [0.4, 0.5) is 0 Å². The number of hydrogen-bond donors (Lipinski definition) is 1. The molecule has 0 radical (unpaired) electrons. The minimum Gasteiger partial charge on any atom is -0.496 e. The molecule has 0 aliphatic heterocycles. The molecule has 1 aliphatic rings. The second-order valence-corrected chi connectivity index (χ2v) is 4.50. The summed E-state index contributed by atoms with van der Waals surface area (Å²) in [6.07, 6.45) is 5.85. The monoisotopic (exact) mass is 248 g/mol. The molecule has 1 aromatic rings. The summed E-state index contributed by atoms with van der Waals surface area (Å²) in [5, 5.41) is 10.5. The molecular weight excluding hydrogens is 228 g/mol. The number of aliphatic hydroxyl groups is 1. The lowest BCUT2D eigenvalue weighted by molar-refractivity contribution is 0.198. The minimum atomic E-state index is -0.628. The van der Waals surface area contributed by atoms with Gasteiger partial charge in [-0.2, -0.15) is 0 Å². The van der Waals surface area contributed by atoms with Crippen molar-refractivity contribution in [2.45, 2.75) is 31.8 Å². The number of hydrogen-bond acceptors (Lipinski definition) is 3. The Kier molecular flexibility index (Phi) is 4.26. The maximum Gasteiger partial charge on any atom is 0.128 e. The van der Waals surface area contributed by atoms with E-state index in [4.69, 9.17) is 9.47 Å². The predicted octanol–water partition coefficient (Wildman–Crippen LogP) is 3.24. The molecule has 1 N–H and O–H groups in total. The molecule has 1 atom stereocenters. The van der Waals surface area contributed by atoms with Crippen molar-refractivity contribution < 1.29 is 14.6 Å². The van der Waals surface area contributed by atoms with Gasteiger partial charge in [0.2, 0.25) is 0 Å². The van der Waals surface area contributed by atoms with Crippen molar-refractivity contribution in [1.82, 2.24) is 0 Å². The first-order valence-electron chi connectivity index (χ1n) is 6.35. The second-order valence-electron chi connectivity index (χ2n) is 4.50. The molecule has 3 nitrogen and oxygen atoms in total. The Labute approximate surface area is 108 Å². The van der Waals surface area contributed by atoms with Crippen LogP contribution in [0, 0.1) is 0 Å². The van der Waals surface area contributed by atoms with E-state index in [1.54, 1.807) is 14.2 Å². The number of aliphatic hydroxyl groups excluding tert-OH is 1. The van der Waals surface area contributed by atoms with E-state index in [2.05, 4.69) is 6.08 Å². The topological polar surface area (TPSA) is 38.7 Å². The van der Waals surface area contributed by atoms with Crippen molar-refractivity contribution in [3.8, 4) is 11.5 Å². The minimum absolute atomic E-state index is 0.628. The zero-order chi connectivity index (χ0) is 13.0. The number of ether oxygens (including phenoxy) is 2. The van der Waals surface area contributed by atoms with Crippen LogP contribution in [-0.2, 0) is 0 Å². The third kappa shape index (κ3) is 2.51. The van der Waals surface area contributed by atoms with Gasteiger partial charge in [0.05, 0.1) is 19.8 Å². The van der Waals surface area contributed by atoms with Crippen molar-refractivity contribution in [3.63, 3.8) is 0 Å². The molecule has 0 amide bonds. The van der Waals surface area contributed by atoms with E-state index in [0.29, 0.717) is 11.5 Å². The summed E-state index contributed by atoms with van der Waals surface area (Å²) in [5.74, 6) is 1.35. The standard InChI is InChI=1S/C15H20O3/c1-17-12-9-6-10-13(18-2)14(12)15(16)11-7-4-3-5-8-11/h6-7,9-10,15-16H,3-5,8H2,1-2H3. The molecule has 0 saturated heterocycles. The largest absolute Gasteiger partial charge is 0.496 e. The lowest BCUT2D eigenvalue weighted by Gasteiger charge is -2.22. The van der Waals surface area contributed by atoms with Crippen molar-refractivity contribution in [3.05, 3.63) is 35.4 Å². The highest BCUT2D eigenvalue weighted by Crippen LogP contribution is 2.39. The average molecular weight is 248 g/mol. The molecule has 3 heteroatoms. The molecule has 0 fully saturated rings. The number of allylic oxidation sites excluding steroid dienone is 1. The highest BCUT2D eigenvalue weighted by molar-refractivity contribution is 5.49. The van der Waals surface area contributed by atoms with E-state index >= 15 is 0 Å². The van der Waals surface area contributed by atoms with E-state index < -0.39 is 6.10 Å². The molecule has 1 aliphatic carbocycles. The van der Waals surface area contributed by atoms with Crippen LogP contribution in [0.3, 0.4) is 0 Å². The fourth-order valence-corrected chi connectivity index (χ4v) is 2.45. The summed E-state index contributed by atoms with van der Waals surface area (Å²) >= 11 is 0. The molecule has 2 rings (SSSR count). The van der Waals surface area contributed by atoms with Gasteiger partial charge in [0.1, 0.15) is 17.6 Å². The van der Waals surface area contributed by atoms with E-state index in [1.807, 2.05) is 18.2 Å². The summed E-state index contributed by atoms with van der Waals surface area (Å²) < 4.78 is 10.7. The first-order chi connectivity index (χ1) is 8.77. The third-order valence-electron chi connectivity index (χ3n) is 3.42. The van der Waals surface area contributed by atoms with Gasteiger partial charge in [0, 0.05) is 0 Å². The summed E-state index contributed by atoms with van der Waals surface area (Å²) in [7, 11) is 3.22. The van der Waals surface area contributed by atoms with Crippen LogP contribution in [-0.4, -0.2) is 19.3 Å². The Bertz CT molecular complexity index is 415. The SMILES string of the molecule is COc1cccc(OC)c1C(O)C1=CCCCC1. The van der Waals surface area contributed by atoms with E-state index in [1.165, 1.54) is 6.42 Å². The molecule has 0 bridgehead atoms. The van der Waals surface area contributed by atoms with Gasteiger partial charge in [-0.25, -0.2) is 0 Å². The normalized spacial score (nSPS) is 16.9. The number of methoxy groups -OCH3 is 2. The van der Waals surface area contributed by atoms with Crippen LogP contribution in [0.2, 0.25) is 0 Å². The summed E-state index contributed by atoms with van der Waals surface area (Å²) in [6, 6.07) is 5.57. The average Bonchev–Trinajstić information content (AvgIpc) is 2.46. The zero-order valence-electron chi connectivity index (χ0n) is 11.0. The molecule has 98 valence electrons. The Morgan fingerprint density at radius 1 is 1.11 bits per heavy atom. The van der Waals surface area contributed by atoms with Crippen LogP contribution in [0.5, 0.6) is 11.5 Å². The lowest BCUT2D eigenvalue weighted by Crippen LogP contribution is -2.08. The van der Waals surface area contributed by atoms with E-state index in [-0.39, 0.29) is 0 Å². The lowest BCUT2D eigenvalue weighted by atomic mass is 9.91. The number of rotatable bonds is 4. The van der Waals surface area contributed by atoms with Crippen LogP contribution in [0.15, 0.2) is 29.8 Å². The number of benzene rings is 1. The summed E-state index contributed by atoms with van der Waals surface area (Å²) in [5.41, 5.74) is 1.81. The maximum absolute atomic E-state index is 10.5. The van der Waals surface area contributed by atoms with Crippen molar-refractivity contribution in [2.24, 2.45) is 0 Å². The van der Waals surface area contributed by atoms with E-state index in [9.17, 15) is 5.11 Å². The highest BCUT2D eigenvalue weighted by atomic mass is 16.5. The van der Waals surface area contributed by atoms with Crippen LogP contribution in [0.25, 0.3) is 0 Å². The smallest absolute Gasteiger partial charge is 0.128 e. The summed E-state index contributed by atoms with van der Waals surface area (Å²) in [6.45, 7) is 0. The van der Waals surface area contributed by atoms with Crippen LogP contribution >= 0.6 is 0 Å². The highest BCUT2D eigenvalue weighted by Gasteiger charge is 2.22. The first kappa shape index (κ1) is 13.0. The molecule has 0 saturated carbocycles. The van der Waals surface area contributed by atoms with Gasteiger partial charge in [0.25, 0.3) is 0 Å². The Morgan fingerprint density at radius 3 is 2.28 bits per heavy atom. The Hall–Kier alpha value is -1.48. The molecule has 0 aromatic heterocycles. The van der Waals surface area contributed by atoms with Crippen LogP contribution in [0.1, 0.15) is 37.4 Å². The van der Waals surface area contributed by atoms with E-state index in [0.717, 1.165) is 30.4 Å². The van der Waals surface area contributed by atoms with Gasteiger partial charge in [-0.3, -0.25) is 0 Å². The van der Waals surface area contributed by atoms with Crippen LogP contribution < -0.4 is 9.47 Å². The van der Waals surface area contributed by atoms with Gasteiger partial charge in [0.15, 0.2) is 0 Å². The quantitative estimate of drug-likeness (QED) is 0.831. The molecule has 1 aromatic carbocycles. The fraction of sp³-hybridized carbons (Fsp3) is 0.467. The third-order valence-corrected chi connectivity index (χ3v) is 3.42. The van der Waals surface area contributed by atoms with Gasteiger partial charge in [-0.1, -0.05) is 12.1 Å². The van der Waals surface area contributed by atoms with Crippen molar-refractivity contribution in [2.75, 3.05) is 14.2 Å². The Morgan fingerprint density at radius 2 is 1.78 bits per heavy atom. The van der Waals surface area contributed by atoms with Gasteiger partial charge in [-0.05, 0) is 43.4 Å².